The molecule has 0 amide bonds. The van der Waals surface area contributed by atoms with E-state index >= 15 is 0 Å². The van der Waals surface area contributed by atoms with Gasteiger partial charge in [-0.15, -0.1) is 0 Å². The van der Waals surface area contributed by atoms with Gasteiger partial charge >= 0.3 is 5.97 Å². The third-order valence-corrected chi connectivity index (χ3v) is 6.22. The number of benzene rings is 2. The topological polar surface area (TPSA) is 59.3 Å². The summed E-state index contributed by atoms with van der Waals surface area (Å²) >= 11 is 0. The van der Waals surface area contributed by atoms with Gasteiger partial charge in [0.25, 0.3) is 0 Å². The van der Waals surface area contributed by atoms with Gasteiger partial charge in [0, 0.05) is 6.07 Å². The average Bonchev–Trinajstić information content (AvgIpc) is 2.83. The molecule has 0 heterocycles. The van der Waals surface area contributed by atoms with Gasteiger partial charge in [-0.05, 0) is 73.9 Å². The van der Waals surface area contributed by atoms with E-state index in [2.05, 4.69) is 19.1 Å². The highest BCUT2D eigenvalue weighted by molar-refractivity contribution is 5.91. The molecule has 0 unspecified atom stereocenters. The minimum absolute atomic E-state index is 0.0527. The molecule has 0 atom stereocenters. The van der Waals surface area contributed by atoms with Gasteiger partial charge in [0.1, 0.15) is 30.0 Å². The van der Waals surface area contributed by atoms with E-state index in [9.17, 15) is 9.18 Å². The molecule has 3 rings (SSSR count). The number of halogens is 1. The molecule has 0 N–H and O–H groups in total. The number of unbranched alkanes of at least 4 members (excludes halogenated alkanes) is 2. The number of carbonyl (C=O) groups excluding carboxylic acids is 1. The van der Waals surface area contributed by atoms with Crippen molar-refractivity contribution in [1.82, 2.24) is 0 Å². The molecule has 1 aliphatic rings. The van der Waals surface area contributed by atoms with Gasteiger partial charge in [0.05, 0.1) is 11.1 Å². The first kappa shape index (κ1) is 24.5. The van der Waals surface area contributed by atoms with Crippen molar-refractivity contribution in [2.75, 3.05) is 6.61 Å². The van der Waals surface area contributed by atoms with Crippen molar-refractivity contribution in [2.45, 2.75) is 58.3 Å². The maximum atomic E-state index is 13.7. The minimum Gasteiger partial charge on any atom is -0.490 e. The van der Waals surface area contributed by atoms with E-state index in [1.54, 1.807) is 30.3 Å². The van der Waals surface area contributed by atoms with Crippen LogP contribution in [0, 0.1) is 29.0 Å². The van der Waals surface area contributed by atoms with Crippen LogP contribution in [0.15, 0.2) is 54.6 Å². The maximum absolute atomic E-state index is 13.7. The van der Waals surface area contributed by atoms with Crippen LogP contribution in [0.2, 0.25) is 0 Å². The summed E-state index contributed by atoms with van der Waals surface area (Å²) in [5.74, 6) is 0.964. The normalized spacial score (nSPS) is 18.1. The number of carbonyl (C=O) groups is 1. The van der Waals surface area contributed by atoms with Crippen LogP contribution in [0.25, 0.3) is 0 Å². The summed E-state index contributed by atoms with van der Waals surface area (Å²) in [6, 6.07) is 12.1. The Morgan fingerprint density at radius 3 is 2.48 bits per heavy atom. The summed E-state index contributed by atoms with van der Waals surface area (Å²) in [5.41, 5.74) is 0.235. The SMILES string of the molecule is CCCCCC1CCC(C=CCOc2ccc(C(=O)Oc3ccc(C#N)c(F)c3)cc2)CC1. The second-order valence-electron chi connectivity index (χ2n) is 8.68. The first-order valence-electron chi connectivity index (χ1n) is 11.9. The predicted octanol–water partition coefficient (Wildman–Crippen LogP) is 7.24. The quantitative estimate of drug-likeness (QED) is 0.166. The van der Waals surface area contributed by atoms with Crippen LogP contribution in [0.1, 0.15) is 74.2 Å². The number of esters is 1. The monoisotopic (exact) mass is 449 g/mol. The zero-order valence-corrected chi connectivity index (χ0v) is 19.3. The van der Waals surface area contributed by atoms with Gasteiger partial charge in [-0.25, -0.2) is 9.18 Å². The predicted molar refractivity (Wildman–Crippen MR) is 127 cm³/mol. The summed E-state index contributed by atoms with van der Waals surface area (Å²) in [4.78, 5) is 12.3. The van der Waals surface area contributed by atoms with E-state index in [0.29, 0.717) is 23.8 Å². The van der Waals surface area contributed by atoms with Gasteiger partial charge in [0.2, 0.25) is 0 Å². The molecule has 0 spiro atoms. The van der Waals surface area contributed by atoms with Crippen molar-refractivity contribution in [3.63, 3.8) is 0 Å². The van der Waals surface area contributed by atoms with Crippen LogP contribution < -0.4 is 9.47 Å². The number of ether oxygens (including phenoxy) is 2. The van der Waals surface area contributed by atoms with Crippen molar-refractivity contribution in [3.8, 4) is 17.6 Å². The first-order chi connectivity index (χ1) is 16.1. The number of rotatable bonds is 10. The number of hydrogen-bond acceptors (Lipinski definition) is 4. The highest BCUT2D eigenvalue weighted by Gasteiger charge is 2.18. The molecule has 2 aromatic rings. The van der Waals surface area contributed by atoms with Gasteiger partial charge in [-0.1, -0.05) is 44.8 Å². The summed E-state index contributed by atoms with van der Waals surface area (Å²) in [5, 5.41) is 8.77. The summed E-state index contributed by atoms with van der Waals surface area (Å²) in [6.45, 7) is 2.75. The van der Waals surface area contributed by atoms with Crippen LogP contribution in [0.4, 0.5) is 4.39 Å². The van der Waals surface area contributed by atoms with E-state index in [1.807, 2.05) is 0 Å². The van der Waals surface area contributed by atoms with Crippen LogP contribution in [-0.2, 0) is 0 Å². The van der Waals surface area contributed by atoms with E-state index in [4.69, 9.17) is 14.7 Å². The number of hydrogen-bond donors (Lipinski definition) is 0. The highest BCUT2D eigenvalue weighted by atomic mass is 19.1. The van der Waals surface area contributed by atoms with E-state index in [1.165, 1.54) is 63.5 Å². The maximum Gasteiger partial charge on any atom is 0.343 e. The summed E-state index contributed by atoms with van der Waals surface area (Å²) < 4.78 is 24.6. The second-order valence-corrected chi connectivity index (χ2v) is 8.68. The Labute approximate surface area is 196 Å². The lowest BCUT2D eigenvalue weighted by atomic mass is 9.79. The Bertz CT molecular complexity index is 970. The smallest absolute Gasteiger partial charge is 0.343 e. The molecule has 0 aliphatic heterocycles. The molecule has 33 heavy (non-hydrogen) atoms. The summed E-state index contributed by atoms with van der Waals surface area (Å²) in [6.07, 6.45) is 15.0. The van der Waals surface area contributed by atoms with Crippen LogP contribution in [0.3, 0.4) is 0 Å². The second kappa shape index (κ2) is 12.8. The fourth-order valence-corrected chi connectivity index (χ4v) is 4.25. The lowest BCUT2D eigenvalue weighted by Gasteiger charge is -2.26. The standard InChI is InChI=1S/C28H32FNO3/c1-2-3-4-6-21-8-10-22(11-9-21)7-5-18-32-25-15-12-23(13-16-25)28(31)33-26-17-14-24(20-30)27(29)19-26/h5,7,12-17,19,21-22H,2-4,6,8-11,18H2,1H3. The number of nitriles is 1. The van der Waals surface area contributed by atoms with Crippen LogP contribution in [0.5, 0.6) is 11.5 Å². The van der Waals surface area contributed by atoms with E-state index < -0.39 is 11.8 Å². The average molecular weight is 450 g/mol. The van der Waals surface area contributed by atoms with Crippen molar-refractivity contribution >= 4 is 5.97 Å². The van der Waals surface area contributed by atoms with Gasteiger partial charge < -0.3 is 9.47 Å². The fourth-order valence-electron chi connectivity index (χ4n) is 4.25. The molecule has 4 nitrogen and oxygen atoms in total. The van der Waals surface area contributed by atoms with Crippen molar-refractivity contribution in [3.05, 3.63) is 71.6 Å². The molecule has 0 aromatic heterocycles. The number of allylic oxidation sites excluding steroid dienone is 1. The van der Waals surface area contributed by atoms with Crippen LogP contribution in [-0.4, -0.2) is 12.6 Å². The Morgan fingerprint density at radius 2 is 1.82 bits per heavy atom. The highest BCUT2D eigenvalue weighted by Crippen LogP contribution is 2.32. The van der Waals surface area contributed by atoms with Gasteiger partial charge in [-0.3, -0.25) is 0 Å². The molecular weight excluding hydrogens is 417 g/mol. The Kier molecular flexibility index (Phi) is 9.50. The van der Waals surface area contributed by atoms with Gasteiger partial charge in [0.15, 0.2) is 0 Å². The third-order valence-electron chi connectivity index (χ3n) is 6.22. The molecule has 174 valence electrons. The molecule has 0 saturated heterocycles. The first-order valence-corrected chi connectivity index (χ1v) is 11.9. The Morgan fingerprint density at radius 1 is 1.09 bits per heavy atom. The third kappa shape index (κ3) is 7.75. The van der Waals surface area contributed by atoms with Crippen molar-refractivity contribution in [2.24, 2.45) is 11.8 Å². The van der Waals surface area contributed by atoms with Crippen molar-refractivity contribution in [1.29, 1.82) is 5.26 Å². The zero-order chi connectivity index (χ0) is 23.5. The molecule has 1 saturated carbocycles. The summed E-state index contributed by atoms with van der Waals surface area (Å²) in [7, 11) is 0. The molecule has 2 aromatic carbocycles. The lowest BCUT2D eigenvalue weighted by Crippen LogP contribution is -2.13. The van der Waals surface area contributed by atoms with Crippen molar-refractivity contribution < 1.29 is 18.7 Å². The molecule has 1 aliphatic carbocycles. The van der Waals surface area contributed by atoms with Gasteiger partial charge in [-0.2, -0.15) is 5.26 Å². The molecule has 0 radical (unpaired) electrons. The molecule has 1 fully saturated rings. The fraction of sp³-hybridized carbons (Fsp3) is 0.429. The molecule has 5 heteroatoms. The Balaban J connectivity index is 1.39. The van der Waals surface area contributed by atoms with Crippen LogP contribution >= 0.6 is 0 Å². The Hall–Kier alpha value is -3.13. The van der Waals surface area contributed by atoms with E-state index in [-0.39, 0.29) is 11.3 Å². The zero-order valence-electron chi connectivity index (χ0n) is 19.3. The minimum atomic E-state index is -0.723. The molecule has 0 bridgehead atoms. The lowest BCUT2D eigenvalue weighted by molar-refractivity contribution is 0.0734. The number of nitrogens with zero attached hydrogens (tertiary/aromatic N) is 1. The largest absolute Gasteiger partial charge is 0.490 e. The molecular formula is C28H32FNO3. The van der Waals surface area contributed by atoms with E-state index in [0.717, 1.165) is 12.0 Å².